The van der Waals surface area contributed by atoms with Crippen molar-refractivity contribution in [2.75, 3.05) is 6.61 Å². The van der Waals surface area contributed by atoms with Crippen molar-refractivity contribution in [2.45, 2.75) is 37.6 Å². The van der Waals surface area contributed by atoms with Crippen LogP contribution in [-0.2, 0) is 14.3 Å². The Morgan fingerprint density at radius 2 is 2.11 bits per heavy atom. The molecule has 0 unspecified atom stereocenters. The van der Waals surface area contributed by atoms with Gasteiger partial charge >= 0.3 is 12.1 Å². The monoisotopic (exact) mass is 300 g/mol. The van der Waals surface area contributed by atoms with Crippen LogP contribution in [0.5, 0.6) is 0 Å². The molecule has 1 atom stereocenters. The number of rotatable bonds is 4. The van der Waals surface area contributed by atoms with E-state index in [2.05, 4.69) is 4.74 Å². The van der Waals surface area contributed by atoms with E-state index in [0.29, 0.717) is 12.8 Å². The van der Waals surface area contributed by atoms with E-state index in [1.807, 2.05) is 0 Å². The van der Waals surface area contributed by atoms with E-state index in [-0.39, 0.29) is 30.6 Å². The Hall–Kier alpha value is -1.05. The summed E-state index contributed by atoms with van der Waals surface area (Å²) < 4.78 is 55.7. The zero-order valence-electron chi connectivity index (χ0n) is 10.1. The number of halogens is 4. The molecule has 0 N–H and O–H groups in total. The Labute approximate surface area is 111 Å². The van der Waals surface area contributed by atoms with Crippen molar-refractivity contribution >= 4 is 23.5 Å². The summed E-state index contributed by atoms with van der Waals surface area (Å²) >= 11 is 0.147. The second-order valence-corrected chi connectivity index (χ2v) is 5.00. The highest BCUT2D eigenvalue weighted by molar-refractivity contribution is 8.04. The number of ketones is 1. The number of carbonyl (C=O) groups is 2. The van der Waals surface area contributed by atoms with Gasteiger partial charge in [-0.15, -0.1) is 0 Å². The van der Waals surface area contributed by atoms with Gasteiger partial charge in [-0.2, -0.15) is 17.6 Å². The highest BCUT2D eigenvalue weighted by Gasteiger charge is 2.44. The summed E-state index contributed by atoms with van der Waals surface area (Å²) in [5.41, 5.74) is -1.97. The number of thioether (sulfide) groups is 1. The largest absolute Gasteiger partial charge is 0.462 e. The first-order valence-corrected chi connectivity index (χ1v) is 6.48. The zero-order valence-corrected chi connectivity index (χ0v) is 10.9. The number of hydrogen-bond donors (Lipinski definition) is 0. The molecular formula is C11H12F4O3S. The molecule has 8 heteroatoms. The van der Waals surface area contributed by atoms with Crippen LogP contribution >= 0.6 is 11.8 Å². The second-order valence-electron chi connectivity index (χ2n) is 3.83. The predicted octanol–water partition coefficient (Wildman–Crippen LogP) is 3.15. The number of carbonyl (C=O) groups excluding carboxylic acids is 2. The first-order valence-electron chi connectivity index (χ1n) is 5.60. The Balaban J connectivity index is 2.96. The lowest BCUT2D eigenvalue weighted by atomic mass is 10.3. The van der Waals surface area contributed by atoms with E-state index in [1.165, 1.54) is 6.92 Å². The average Bonchev–Trinajstić information content (AvgIpc) is 2.62. The number of hydrogen-bond acceptors (Lipinski definition) is 4. The van der Waals surface area contributed by atoms with Crippen LogP contribution in [0.15, 0.2) is 10.7 Å². The third kappa shape index (κ3) is 4.22. The lowest BCUT2D eigenvalue weighted by Crippen LogP contribution is -2.24. The summed E-state index contributed by atoms with van der Waals surface area (Å²) in [5.74, 6) is -2.06. The van der Waals surface area contributed by atoms with E-state index in [4.69, 9.17) is 0 Å². The lowest BCUT2D eigenvalue weighted by molar-refractivity contribution is -0.150. The Morgan fingerprint density at radius 3 is 2.53 bits per heavy atom. The summed E-state index contributed by atoms with van der Waals surface area (Å²) in [5, 5.41) is -2.56. The van der Waals surface area contributed by atoms with Gasteiger partial charge in [0, 0.05) is 6.42 Å². The average molecular weight is 300 g/mol. The molecule has 1 saturated carbocycles. The third-order valence-corrected chi connectivity index (χ3v) is 3.65. The van der Waals surface area contributed by atoms with Crippen LogP contribution in [0.4, 0.5) is 17.6 Å². The van der Waals surface area contributed by atoms with Crippen molar-refractivity contribution in [3.8, 4) is 0 Å². The summed E-state index contributed by atoms with van der Waals surface area (Å²) in [6.07, 6.45) is -4.09. The molecule has 0 heterocycles. The van der Waals surface area contributed by atoms with Gasteiger partial charge in [0.1, 0.15) is 5.78 Å². The zero-order chi connectivity index (χ0) is 14.6. The van der Waals surface area contributed by atoms with Crippen LogP contribution in [0, 0.1) is 0 Å². The van der Waals surface area contributed by atoms with Crippen LogP contribution in [0.1, 0.15) is 26.2 Å². The molecule has 0 amide bonds. The molecule has 0 spiro atoms. The minimum atomic E-state index is -5.15. The van der Waals surface area contributed by atoms with Gasteiger partial charge in [-0.3, -0.25) is 4.79 Å². The molecule has 0 aliphatic heterocycles. The molecule has 0 saturated heterocycles. The van der Waals surface area contributed by atoms with Crippen LogP contribution in [0.25, 0.3) is 0 Å². The van der Waals surface area contributed by atoms with Crippen LogP contribution in [0.3, 0.4) is 0 Å². The highest BCUT2D eigenvalue weighted by Crippen LogP contribution is 2.39. The number of esters is 1. The topological polar surface area (TPSA) is 43.4 Å². The fraction of sp³-hybridized carbons (Fsp3) is 0.636. The molecule has 1 rings (SSSR count). The Kier molecular flexibility index (Phi) is 5.39. The van der Waals surface area contributed by atoms with E-state index in [0.717, 1.165) is 0 Å². The molecule has 0 aromatic rings. The maximum Gasteiger partial charge on any atom is 0.426 e. The van der Waals surface area contributed by atoms with Crippen molar-refractivity contribution in [2.24, 2.45) is 0 Å². The summed E-state index contributed by atoms with van der Waals surface area (Å²) in [6.45, 7) is 1.02. The Bertz CT molecular complexity index is 403. The molecule has 0 aromatic heterocycles. The molecule has 1 fully saturated rings. The molecule has 0 radical (unpaired) electrons. The molecule has 108 valence electrons. The molecule has 0 bridgehead atoms. The van der Waals surface area contributed by atoms with E-state index in [1.54, 1.807) is 0 Å². The standard InChI is InChI=1S/C11H12F4O3S/c1-2-18-10(17)8(11(13,14)15)9(12)19-7-5-3-4-6(7)16/h7H,2-5H2,1H3/b9-8+/t7-/m1/s1. The third-order valence-electron chi connectivity index (χ3n) is 2.45. The van der Waals surface area contributed by atoms with Gasteiger partial charge in [0.15, 0.2) is 10.7 Å². The van der Waals surface area contributed by atoms with Gasteiger partial charge in [0.2, 0.25) is 0 Å². The molecule has 19 heavy (non-hydrogen) atoms. The quantitative estimate of drug-likeness (QED) is 0.454. The number of alkyl halides is 3. The van der Waals surface area contributed by atoms with Crippen molar-refractivity contribution in [3.63, 3.8) is 0 Å². The smallest absolute Gasteiger partial charge is 0.426 e. The Morgan fingerprint density at radius 1 is 1.47 bits per heavy atom. The van der Waals surface area contributed by atoms with Crippen LogP contribution < -0.4 is 0 Å². The predicted molar refractivity (Wildman–Crippen MR) is 61.1 cm³/mol. The molecule has 1 aliphatic rings. The number of ether oxygens (including phenoxy) is 1. The second kappa shape index (κ2) is 6.40. The van der Waals surface area contributed by atoms with Crippen LogP contribution in [0.2, 0.25) is 0 Å². The fourth-order valence-corrected chi connectivity index (χ4v) is 2.70. The molecule has 3 nitrogen and oxygen atoms in total. The van der Waals surface area contributed by atoms with Crippen molar-refractivity contribution in [3.05, 3.63) is 10.7 Å². The van der Waals surface area contributed by atoms with Crippen molar-refractivity contribution < 1.29 is 31.9 Å². The van der Waals surface area contributed by atoms with E-state index >= 15 is 0 Å². The summed E-state index contributed by atoms with van der Waals surface area (Å²) in [4.78, 5) is 22.4. The first kappa shape index (κ1) is 16.0. The van der Waals surface area contributed by atoms with Gasteiger partial charge < -0.3 is 4.74 Å². The summed E-state index contributed by atoms with van der Waals surface area (Å²) in [6, 6.07) is 0. The minimum absolute atomic E-state index is 0.147. The van der Waals surface area contributed by atoms with Gasteiger partial charge in [-0.1, -0.05) is 11.8 Å². The van der Waals surface area contributed by atoms with E-state index < -0.39 is 28.1 Å². The fourth-order valence-electron chi connectivity index (χ4n) is 1.60. The lowest BCUT2D eigenvalue weighted by Gasteiger charge is -2.13. The normalized spacial score (nSPS) is 21.3. The van der Waals surface area contributed by atoms with Gasteiger partial charge in [0.25, 0.3) is 0 Å². The van der Waals surface area contributed by atoms with Gasteiger partial charge in [-0.05, 0) is 19.8 Å². The molecular weight excluding hydrogens is 288 g/mol. The molecule has 0 aromatic carbocycles. The van der Waals surface area contributed by atoms with Crippen molar-refractivity contribution in [1.82, 2.24) is 0 Å². The maximum absolute atomic E-state index is 13.6. The van der Waals surface area contributed by atoms with Gasteiger partial charge in [-0.25, -0.2) is 4.79 Å². The van der Waals surface area contributed by atoms with Crippen LogP contribution in [-0.4, -0.2) is 29.8 Å². The van der Waals surface area contributed by atoms with Gasteiger partial charge in [0.05, 0.1) is 11.9 Å². The SMILES string of the molecule is CCOC(=O)/C(=C(/F)S[C@@H]1CCCC1=O)C(F)(F)F. The first-order chi connectivity index (χ1) is 8.77. The minimum Gasteiger partial charge on any atom is -0.462 e. The van der Waals surface area contributed by atoms with Crippen molar-refractivity contribution in [1.29, 1.82) is 0 Å². The summed E-state index contributed by atoms with van der Waals surface area (Å²) in [7, 11) is 0. The number of Topliss-reactive ketones (excluding diaryl/α,β-unsaturated/α-hetero) is 1. The molecule has 1 aliphatic carbocycles. The highest BCUT2D eigenvalue weighted by atomic mass is 32.2. The maximum atomic E-state index is 13.6. The van der Waals surface area contributed by atoms with E-state index in [9.17, 15) is 27.2 Å².